The van der Waals surface area contributed by atoms with E-state index in [-0.39, 0.29) is 0 Å². The van der Waals surface area contributed by atoms with Crippen LogP contribution >= 0.6 is 0 Å². The average Bonchev–Trinajstić information content (AvgIpc) is 2.55. The molecule has 0 atom stereocenters. The number of benzene rings is 2. The van der Waals surface area contributed by atoms with Gasteiger partial charge in [-0.05, 0) is 36.1 Å². The van der Waals surface area contributed by atoms with E-state index in [9.17, 15) is 0 Å². The first kappa shape index (κ1) is 15.6. The van der Waals surface area contributed by atoms with Crippen molar-refractivity contribution in [2.24, 2.45) is 10.2 Å². The summed E-state index contributed by atoms with van der Waals surface area (Å²) in [5, 5.41) is 8.17. The van der Waals surface area contributed by atoms with Gasteiger partial charge in [-0.1, -0.05) is 72.8 Å². The van der Waals surface area contributed by atoms with Crippen LogP contribution in [0, 0.1) is 0 Å². The minimum absolute atomic E-state index is 1.04. The molecule has 0 aromatic heterocycles. The molecule has 2 rings (SSSR count). The van der Waals surface area contributed by atoms with Crippen LogP contribution in [-0.4, -0.2) is 12.4 Å². The van der Waals surface area contributed by atoms with Crippen LogP contribution in [0.3, 0.4) is 0 Å². The normalized spacial score (nSPS) is 12.3. The molecule has 0 fully saturated rings. The molecular weight excluding hydrogens is 268 g/mol. The zero-order valence-corrected chi connectivity index (χ0v) is 13.0. The Hall–Kier alpha value is -2.74. The zero-order chi connectivity index (χ0) is 15.6. The lowest BCUT2D eigenvalue weighted by Gasteiger charge is -1.95. The molecule has 0 amide bonds. The molecule has 2 heteroatoms. The Labute approximate surface area is 132 Å². The van der Waals surface area contributed by atoms with Crippen LogP contribution in [0.1, 0.15) is 36.1 Å². The van der Waals surface area contributed by atoms with Crippen molar-refractivity contribution >= 4 is 24.6 Å². The van der Waals surface area contributed by atoms with Gasteiger partial charge in [-0.3, -0.25) is 0 Å². The Bertz CT molecular complexity index is 624. The molecular formula is C20H20N2. The SMILES string of the molecule is C/C=C/c1ccc(/C=N/N=C/c2ccc(/C=C/C)cc2)cc1. The fourth-order valence-electron chi connectivity index (χ4n) is 1.97. The van der Waals surface area contributed by atoms with E-state index in [0.717, 1.165) is 11.1 Å². The van der Waals surface area contributed by atoms with Gasteiger partial charge in [0.1, 0.15) is 0 Å². The van der Waals surface area contributed by atoms with Crippen molar-refractivity contribution in [3.8, 4) is 0 Å². The number of allylic oxidation sites excluding steroid dienone is 2. The molecule has 0 unspecified atom stereocenters. The van der Waals surface area contributed by atoms with E-state index in [4.69, 9.17) is 0 Å². The van der Waals surface area contributed by atoms with Crippen LogP contribution in [0.4, 0.5) is 0 Å². The minimum atomic E-state index is 1.04. The van der Waals surface area contributed by atoms with Crippen LogP contribution in [0.5, 0.6) is 0 Å². The smallest absolute Gasteiger partial charge is 0.0568 e. The molecule has 110 valence electrons. The monoisotopic (exact) mass is 288 g/mol. The maximum absolute atomic E-state index is 4.08. The van der Waals surface area contributed by atoms with E-state index >= 15 is 0 Å². The van der Waals surface area contributed by atoms with Gasteiger partial charge in [0.05, 0.1) is 12.4 Å². The van der Waals surface area contributed by atoms with Crippen LogP contribution in [0.2, 0.25) is 0 Å². The fraction of sp³-hybridized carbons (Fsp3) is 0.100. The van der Waals surface area contributed by atoms with Gasteiger partial charge in [0, 0.05) is 0 Å². The summed E-state index contributed by atoms with van der Waals surface area (Å²) in [5.41, 5.74) is 4.44. The Balaban J connectivity index is 1.96. The van der Waals surface area contributed by atoms with Gasteiger partial charge in [-0.25, -0.2) is 0 Å². The molecule has 0 heterocycles. The minimum Gasteiger partial charge on any atom is -0.159 e. The molecule has 0 aliphatic rings. The number of nitrogens with zero attached hydrogens (tertiary/aromatic N) is 2. The Kier molecular flexibility index (Phi) is 6.06. The Morgan fingerprint density at radius 2 is 0.864 bits per heavy atom. The van der Waals surface area contributed by atoms with E-state index in [1.807, 2.05) is 50.3 Å². The van der Waals surface area contributed by atoms with Crippen LogP contribution in [0.15, 0.2) is 70.9 Å². The maximum atomic E-state index is 4.08. The first-order chi connectivity index (χ1) is 10.8. The number of hydrogen-bond acceptors (Lipinski definition) is 2. The molecule has 0 radical (unpaired) electrons. The lowest BCUT2D eigenvalue weighted by Crippen LogP contribution is -1.82. The summed E-state index contributed by atoms with van der Waals surface area (Å²) in [6, 6.07) is 16.4. The Morgan fingerprint density at radius 1 is 0.545 bits per heavy atom. The van der Waals surface area contributed by atoms with Crippen molar-refractivity contribution in [1.82, 2.24) is 0 Å². The average molecular weight is 288 g/mol. The molecule has 0 aliphatic heterocycles. The molecule has 2 aromatic rings. The second-order valence-corrected chi connectivity index (χ2v) is 4.82. The highest BCUT2D eigenvalue weighted by Gasteiger charge is 1.89. The van der Waals surface area contributed by atoms with Gasteiger partial charge in [0.2, 0.25) is 0 Å². The van der Waals surface area contributed by atoms with Crippen LogP contribution in [0.25, 0.3) is 12.2 Å². The van der Waals surface area contributed by atoms with E-state index in [1.165, 1.54) is 11.1 Å². The molecule has 0 aliphatic carbocycles. The van der Waals surface area contributed by atoms with Crippen LogP contribution < -0.4 is 0 Å². The molecule has 2 nitrogen and oxygen atoms in total. The molecule has 2 aromatic carbocycles. The van der Waals surface area contributed by atoms with Crippen molar-refractivity contribution in [2.45, 2.75) is 13.8 Å². The maximum Gasteiger partial charge on any atom is 0.0568 e. The molecule has 0 spiro atoms. The second-order valence-electron chi connectivity index (χ2n) is 4.82. The van der Waals surface area contributed by atoms with Crippen molar-refractivity contribution in [1.29, 1.82) is 0 Å². The van der Waals surface area contributed by atoms with Gasteiger partial charge < -0.3 is 0 Å². The summed E-state index contributed by atoms with van der Waals surface area (Å²) in [4.78, 5) is 0. The lowest BCUT2D eigenvalue weighted by molar-refractivity contribution is 1.26. The van der Waals surface area contributed by atoms with E-state index < -0.39 is 0 Å². The molecule has 0 saturated heterocycles. The zero-order valence-electron chi connectivity index (χ0n) is 13.0. The summed E-state index contributed by atoms with van der Waals surface area (Å²) < 4.78 is 0. The standard InChI is InChI=1S/C20H20N2/c1-3-5-17-7-11-19(12-8-17)15-21-22-16-20-13-9-18(6-4-2)10-14-20/h3-16H,1-2H3/b5-3+,6-4+,21-15+,22-16+. The van der Waals surface area contributed by atoms with E-state index in [2.05, 4.69) is 46.6 Å². The third-order valence-electron chi connectivity index (χ3n) is 3.07. The predicted molar refractivity (Wildman–Crippen MR) is 97.5 cm³/mol. The summed E-state index contributed by atoms with van der Waals surface area (Å²) >= 11 is 0. The third kappa shape index (κ3) is 4.98. The van der Waals surface area contributed by atoms with Crippen LogP contribution in [-0.2, 0) is 0 Å². The van der Waals surface area contributed by atoms with Gasteiger partial charge in [-0.2, -0.15) is 10.2 Å². The Morgan fingerprint density at radius 3 is 1.18 bits per heavy atom. The topological polar surface area (TPSA) is 24.7 Å². The molecule has 0 N–H and O–H groups in total. The molecule has 0 saturated carbocycles. The summed E-state index contributed by atoms with van der Waals surface area (Å²) in [7, 11) is 0. The summed E-state index contributed by atoms with van der Waals surface area (Å²) in [6.45, 7) is 4.02. The van der Waals surface area contributed by atoms with Crippen molar-refractivity contribution < 1.29 is 0 Å². The van der Waals surface area contributed by atoms with E-state index in [1.54, 1.807) is 12.4 Å². The largest absolute Gasteiger partial charge is 0.159 e. The predicted octanol–water partition coefficient (Wildman–Crippen LogP) is 5.21. The van der Waals surface area contributed by atoms with Crippen molar-refractivity contribution in [3.63, 3.8) is 0 Å². The van der Waals surface area contributed by atoms with Gasteiger partial charge in [-0.15, -0.1) is 0 Å². The quantitative estimate of drug-likeness (QED) is 0.533. The highest BCUT2D eigenvalue weighted by atomic mass is 15.2. The van der Waals surface area contributed by atoms with Gasteiger partial charge in [0.25, 0.3) is 0 Å². The second kappa shape index (κ2) is 8.53. The fourth-order valence-corrected chi connectivity index (χ4v) is 1.97. The first-order valence-corrected chi connectivity index (χ1v) is 7.34. The molecule has 22 heavy (non-hydrogen) atoms. The van der Waals surface area contributed by atoms with E-state index in [0.29, 0.717) is 0 Å². The summed E-state index contributed by atoms with van der Waals surface area (Å²) in [5.74, 6) is 0. The molecule has 0 bridgehead atoms. The van der Waals surface area contributed by atoms with Crippen molar-refractivity contribution in [3.05, 3.63) is 82.9 Å². The highest BCUT2D eigenvalue weighted by Crippen LogP contribution is 2.06. The van der Waals surface area contributed by atoms with Crippen molar-refractivity contribution in [2.75, 3.05) is 0 Å². The van der Waals surface area contributed by atoms with Gasteiger partial charge >= 0.3 is 0 Å². The third-order valence-corrected chi connectivity index (χ3v) is 3.07. The highest BCUT2D eigenvalue weighted by molar-refractivity contribution is 5.83. The van der Waals surface area contributed by atoms with Gasteiger partial charge in [0.15, 0.2) is 0 Å². The lowest BCUT2D eigenvalue weighted by atomic mass is 10.1. The summed E-state index contributed by atoms with van der Waals surface area (Å²) in [6.07, 6.45) is 11.7. The number of hydrogen-bond donors (Lipinski definition) is 0. The first-order valence-electron chi connectivity index (χ1n) is 7.34. The number of rotatable bonds is 5.